The highest BCUT2D eigenvalue weighted by Gasteiger charge is 2.38. The Kier molecular flexibility index (Phi) is 5.97. The van der Waals surface area contributed by atoms with Crippen molar-refractivity contribution in [2.24, 2.45) is 0 Å². The second-order valence-electron chi connectivity index (χ2n) is 9.77. The molecule has 0 radical (unpaired) electrons. The van der Waals surface area contributed by atoms with Crippen molar-refractivity contribution in [3.63, 3.8) is 0 Å². The molecule has 0 atom stereocenters. The number of nitrogens with zero attached hydrogens (tertiary/aromatic N) is 8. The molecular formula is C24H25ClN10O2. The molecule has 12 nitrogen and oxygen atoms in total. The van der Waals surface area contributed by atoms with Gasteiger partial charge in [0.2, 0.25) is 5.95 Å². The van der Waals surface area contributed by atoms with Crippen LogP contribution in [0.3, 0.4) is 0 Å². The van der Waals surface area contributed by atoms with E-state index in [0.717, 1.165) is 31.6 Å². The van der Waals surface area contributed by atoms with E-state index in [1.807, 2.05) is 0 Å². The third kappa shape index (κ3) is 4.72. The van der Waals surface area contributed by atoms with Gasteiger partial charge in [0.05, 0.1) is 47.4 Å². The number of fused-ring (bicyclic) bond motifs is 1. The Hall–Kier alpha value is -3.68. The van der Waals surface area contributed by atoms with Crippen LogP contribution in [0.15, 0.2) is 18.3 Å². The van der Waals surface area contributed by atoms with Crippen LogP contribution in [0.1, 0.15) is 24.1 Å². The fourth-order valence-electron chi connectivity index (χ4n) is 4.64. The summed E-state index contributed by atoms with van der Waals surface area (Å²) < 4.78 is 6.60. The van der Waals surface area contributed by atoms with Gasteiger partial charge < -0.3 is 25.4 Å². The summed E-state index contributed by atoms with van der Waals surface area (Å²) >= 11 is 6.86. The van der Waals surface area contributed by atoms with E-state index >= 15 is 0 Å². The predicted octanol–water partition coefficient (Wildman–Crippen LogP) is 1.72. The lowest BCUT2D eigenvalue weighted by Crippen LogP contribution is -2.59. The van der Waals surface area contributed by atoms with E-state index in [-0.39, 0.29) is 11.6 Å². The van der Waals surface area contributed by atoms with Crippen molar-refractivity contribution in [1.29, 1.82) is 10.5 Å². The van der Waals surface area contributed by atoms with Gasteiger partial charge in [-0.15, -0.1) is 5.10 Å². The monoisotopic (exact) mass is 520 g/mol. The first kappa shape index (κ1) is 23.7. The van der Waals surface area contributed by atoms with Crippen LogP contribution in [0.2, 0.25) is 5.02 Å². The summed E-state index contributed by atoms with van der Waals surface area (Å²) in [6, 6.07) is 8.07. The Bertz CT molecular complexity index is 1430. The van der Waals surface area contributed by atoms with Gasteiger partial charge in [0, 0.05) is 38.8 Å². The maximum atomic E-state index is 10.4. The zero-order chi connectivity index (χ0) is 25.6. The number of aliphatic hydroxyl groups is 1. The highest BCUT2D eigenvalue weighted by molar-refractivity contribution is 6.36. The van der Waals surface area contributed by atoms with E-state index in [0.29, 0.717) is 66.6 Å². The Labute approximate surface area is 218 Å². The predicted molar refractivity (Wildman–Crippen MR) is 136 cm³/mol. The molecule has 0 amide bonds. The second-order valence-corrected chi connectivity index (χ2v) is 10.1. The molecular weight excluding hydrogens is 496 g/mol. The van der Waals surface area contributed by atoms with Crippen LogP contribution in [0.25, 0.3) is 5.65 Å². The first-order chi connectivity index (χ1) is 17.9. The Morgan fingerprint density at radius 3 is 2.59 bits per heavy atom. The molecule has 0 unspecified atom stereocenters. The van der Waals surface area contributed by atoms with E-state index in [2.05, 4.69) is 47.6 Å². The molecule has 37 heavy (non-hydrogen) atoms. The van der Waals surface area contributed by atoms with Gasteiger partial charge in [0.25, 0.3) is 0 Å². The van der Waals surface area contributed by atoms with E-state index in [9.17, 15) is 15.6 Å². The van der Waals surface area contributed by atoms with E-state index in [1.165, 1.54) is 10.7 Å². The van der Waals surface area contributed by atoms with Crippen LogP contribution in [0.4, 0.5) is 23.1 Å². The van der Waals surface area contributed by atoms with Crippen LogP contribution in [0.5, 0.6) is 0 Å². The summed E-state index contributed by atoms with van der Waals surface area (Å²) in [5, 5.41) is 41.0. The van der Waals surface area contributed by atoms with Crippen molar-refractivity contribution < 1.29 is 9.84 Å². The lowest BCUT2D eigenvalue weighted by Gasteiger charge is -2.43. The summed E-state index contributed by atoms with van der Waals surface area (Å²) in [6.45, 7) is 4.23. The van der Waals surface area contributed by atoms with Gasteiger partial charge in [-0.2, -0.15) is 20.0 Å². The fraction of sp³-hybridized carbons (Fsp3) is 0.458. The zero-order valence-corrected chi connectivity index (χ0v) is 20.7. The van der Waals surface area contributed by atoms with Crippen LogP contribution in [-0.2, 0) is 4.74 Å². The number of halogens is 1. The number of imidazole rings is 1. The van der Waals surface area contributed by atoms with Crippen molar-refractivity contribution in [1.82, 2.24) is 24.5 Å². The zero-order valence-electron chi connectivity index (χ0n) is 20.0. The van der Waals surface area contributed by atoms with E-state index in [4.69, 9.17) is 16.3 Å². The lowest BCUT2D eigenvalue weighted by atomic mass is 10.0. The Morgan fingerprint density at radius 2 is 1.95 bits per heavy atom. The smallest absolute Gasteiger partial charge is 0.247 e. The van der Waals surface area contributed by atoms with E-state index < -0.39 is 5.60 Å². The van der Waals surface area contributed by atoms with E-state index in [1.54, 1.807) is 12.1 Å². The Morgan fingerprint density at radius 1 is 1.16 bits per heavy atom. The molecule has 0 spiro atoms. The lowest BCUT2D eigenvalue weighted by molar-refractivity contribution is -0.187. The number of nitrogens with one attached hydrogen (secondary N) is 2. The third-order valence-electron chi connectivity index (χ3n) is 6.80. The number of rotatable bonds is 7. The normalized spacial score (nSPS) is 19.2. The Balaban J connectivity index is 1.27. The molecule has 190 valence electrons. The molecule has 1 saturated carbocycles. The van der Waals surface area contributed by atoms with Crippen molar-refractivity contribution >= 4 is 40.4 Å². The average Bonchev–Trinajstić information content (AvgIpc) is 3.60. The van der Waals surface area contributed by atoms with Crippen LogP contribution in [-0.4, -0.2) is 87.2 Å². The molecule has 1 aliphatic carbocycles. The van der Waals surface area contributed by atoms with Gasteiger partial charge in [0.15, 0.2) is 17.2 Å². The average molecular weight is 521 g/mol. The molecule has 13 heteroatoms. The molecule has 3 fully saturated rings. The third-order valence-corrected chi connectivity index (χ3v) is 7.19. The number of piperazine rings is 1. The number of ether oxygens (including phenoxy) is 1. The molecule has 2 saturated heterocycles. The maximum absolute atomic E-state index is 10.4. The molecule has 0 bridgehead atoms. The van der Waals surface area contributed by atoms with Gasteiger partial charge in [-0.25, -0.2) is 4.98 Å². The van der Waals surface area contributed by atoms with Crippen molar-refractivity contribution in [2.45, 2.75) is 24.5 Å². The number of nitriles is 2. The van der Waals surface area contributed by atoms with Crippen molar-refractivity contribution in [2.75, 3.05) is 61.5 Å². The van der Waals surface area contributed by atoms with Gasteiger partial charge in [-0.3, -0.25) is 4.90 Å². The quantitative estimate of drug-likeness (QED) is 0.417. The van der Waals surface area contributed by atoms with Crippen molar-refractivity contribution in [3.05, 3.63) is 34.6 Å². The minimum absolute atomic E-state index is 0.230. The standard InChI is InChI=1S/C24H25ClN10O2/c25-20-18(30-23-31-21(29-16-1-2-16)22-28-11-17(10-27)35(22)32-23)7-15(9-26)8-19(20)34-5-3-33(4-6-34)12-24(36)13-37-14-24/h7-8,11,16,36H,1-6,12-14H2,(H2,29,30,31,32). The number of hydrogen-bond donors (Lipinski definition) is 3. The summed E-state index contributed by atoms with van der Waals surface area (Å²) in [4.78, 5) is 13.3. The minimum atomic E-state index is -0.757. The summed E-state index contributed by atoms with van der Waals surface area (Å²) in [6.07, 6.45) is 3.55. The summed E-state index contributed by atoms with van der Waals surface area (Å²) in [7, 11) is 0. The highest BCUT2D eigenvalue weighted by Crippen LogP contribution is 2.37. The largest absolute Gasteiger partial charge is 0.384 e. The van der Waals surface area contributed by atoms with Crippen LogP contribution < -0.4 is 15.5 Å². The van der Waals surface area contributed by atoms with Gasteiger partial charge in [0.1, 0.15) is 11.7 Å². The molecule has 3 aromatic rings. The first-order valence-corrected chi connectivity index (χ1v) is 12.5. The molecule has 3 N–H and O–H groups in total. The number of benzene rings is 1. The molecule has 2 aromatic heterocycles. The number of aromatic nitrogens is 4. The van der Waals surface area contributed by atoms with Crippen LogP contribution in [0, 0.1) is 22.7 Å². The molecule has 4 heterocycles. The maximum Gasteiger partial charge on any atom is 0.247 e. The summed E-state index contributed by atoms with van der Waals surface area (Å²) in [5.41, 5.74) is 1.69. The highest BCUT2D eigenvalue weighted by atomic mass is 35.5. The topological polar surface area (TPSA) is 151 Å². The first-order valence-electron chi connectivity index (χ1n) is 12.2. The van der Waals surface area contributed by atoms with Gasteiger partial charge in [-0.05, 0) is 25.0 Å². The van der Waals surface area contributed by atoms with Crippen molar-refractivity contribution in [3.8, 4) is 12.1 Å². The number of β-amino-alcohol motifs (C(OH)–C–C–N with tert-alkyl or cyclic N) is 1. The minimum Gasteiger partial charge on any atom is -0.384 e. The second kappa shape index (κ2) is 9.32. The number of anilines is 4. The van der Waals surface area contributed by atoms with Crippen LogP contribution >= 0.6 is 11.6 Å². The SMILES string of the molecule is N#Cc1cc(Nc2nc(NC3CC3)c3ncc(C#N)n3n2)c(Cl)c(N2CCN(CC3(O)COC3)CC2)c1. The number of hydrogen-bond acceptors (Lipinski definition) is 11. The molecule has 1 aromatic carbocycles. The molecule has 6 rings (SSSR count). The summed E-state index contributed by atoms with van der Waals surface area (Å²) in [5.74, 6) is 0.762. The molecule has 3 aliphatic rings. The molecule has 2 aliphatic heterocycles. The fourth-order valence-corrected chi connectivity index (χ4v) is 4.91. The van der Waals surface area contributed by atoms with Gasteiger partial charge >= 0.3 is 0 Å². The van der Waals surface area contributed by atoms with Gasteiger partial charge in [-0.1, -0.05) is 11.6 Å².